The third kappa shape index (κ3) is 3.74. The highest BCUT2D eigenvalue weighted by Gasteiger charge is 2.13. The van der Waals surface area contributed by atoms with Gasteiger partial charge in [0, 0.05) is 5.56 Å². The number of guanidine groups is 1. The second kappa shape index (κ2) is 6.61. The van der Waals surface area contributed by atoms with Crippen LogP contribution < -0.4 is 11.2 Å². The first-order valence-corrected chi connectivity index (χ1v) is 5.52. The van der Waals surface area contributed by atoms with E-state index in [9.17, 15) is 4.79 Å². The summed E-state index contributed by atoms with van der Waals surface area (Å²) in [6.45, 7) is 1.99. The molecule has 0 unspecified atom stereocenters. The molecule has 1 aromatic carbocycles. The molecule has 0 aliphatic rings. The molecule has 0 aliphatic carbocycles. The molecule has 0 radical (unpaired) electrons. The molecule has 7 heteroatoms. The number of nitrogens with one attached hydrogen (secondary N) is 2. The highest BCUT2D eigenvalue weighted by molar-refractivity contribution is 6.36. The largest absolute Gasteiger partial charge is 0.462 e. The topological polar surface area (TPSA) is 101 Å². The van der Waals surface area contributed by atoms with Crippen molar-refractivity contribution < 1.29 is 9.53 Å². The fourth-order valence-corrected chi connectivity index (χ4v) is 1.44. The zero-order valence-electron chi connectivity index (χ0n) is 9.74. The molecular weight excluding hydrogens is 256 g/mol. The number of ether oxygens (including phenoxy) is 1. The second-order valence-electron chi connectivity index (χ2n) is 3.21. The van der Waals surface area contributed by atoms with E-state index in [0.29, 0.717) is 5.56 Å². The zero-order chi connectivity index (χ0) is 13.5. The van der Waals surface area contributed by atoms with Gasteiger partial charge in [0.25, 0.3) is 0 Å². The standard InChI is InChI=1S/C11H13ClN4O2/c1-2-18-10(17)8-5-3-4-7(9(8)12)6-15-16-11(13)14/h3-6H,2H2,1H3,(H4,13,14,16). The lowest BCUT2D eigenvalue weighted by Crippen LogP contribution is -2.25. The van der Waals surface area contributed by atoms with Crippen LogP contribution in [0.1, 0.15) is 22.8 Å². The number of esters is 1. The number of benzene rings is 1. The minimum Gasteiger partial charge on any atom is -0.462 e. The molecule has 0 spiro atoms. The second-order valence-corrected chi connectivity index (χ2v) is 3.59. The lowest BCUT2D eigenvalue weighted by atomic mass is 10.1. The molecule has 4 N–H and O–H groups in total. The molecule has 0 saturated carbocycles. The van der Waals surface area contributed by atoms with Gasteiger partial charge >= 0.3 is 5.97 Å². The van der Waals surface area contributed by atoms with E-state index in [-0.39, 0.29) is 23.2 Å². The maximum absolute atomic E-state index is 11.6. The summed E-state index contributed by atoms with van der Waals surface area (Å²) in [5.74, 6) is -0.777. The Hall–Kier alpha value is -2.08. The maximum atomic E-state index is 11.6. The summed E-state index contributed by atoms with van der Waals surface area (Å²) in [6, 6.07) is 4.90. The molecule has 1 rings (SSSR count). The number of halogens is 1. The van der Waals surface area contributed by atoms with Gasteiger partial charge in [0.05, 0.1) is 23.4 Å². The van der Waals surface area contributed by atoms with E-state index in [4.69, 9.17) is 27.5 Å². The Morgan fingerprint density at radius 2 is 2.39 bits per heavy atom. The van der Waals surface area contributed by atoms with E-state index in [2.05, 4.69) is 10.5 Å². The minimum atomic E-state index is -0.489. The van der Waals surface area contributed by atoms with Gasteiger partial charge in [0.2, 0.25) is 5.96 Å². The summed E-state index contributed by atoms with van der Waals surface area (Å²) in [5, 5.41) is 10.9. The van der Waals surface area contributed by atoms with E-state index >= 15 is 0 Å². The lowest BCUT2D eigenvalue weighted by Gasteiger charge is -2.05. The highest BCUT2D eigenvalue weighted by atomic mass is 35.5. The summed E-state index contributed by atoms with van der Waals surface area (Å²) in [4.78, 5) is 11.6. The van der Waals surface area contributed by atoms with Crippen LogP contribution in [-0.4, -0.2) is 24.8 Å². The number of nitrogens with zero attached hydrogens (tertiary/aromatic N) is 1. The van der Waals surface area contributed by atoms with Crippen molar-refractivity contribution in [3.05, 3.63) is 34.3 Å². The van der Waals surface area contributed by atoms with Crippen molar-refractivity contribution in [3.63, 3.8) is 0 Å². The van der Waals surface area contributed by atoms with Gasteiger partial charge in [-0.1, -0.05) is 23.7 Å². The summed E-state index contributed by atoms with van der Waals surface area (Å²) >= 11 is 6.05. The molecule has 96 valence electrons. The van der Waals surface area contributed by atoms with Crippen molar-refractivity contribution in [1.29, 1.82) is 5.41 Å². The smallest absolute Gasteiger partial charge is 0.339 e. The third-order valence-corrected chi connectivity index (χ3v) is 2.33. The Labute approximate surface area is 109 Å². The van der Waals surface area contributed by atoms with Crippen LogP contribution in [-0.2, 0) is 4.74 Å². The number of nitrogens with two attached hydrogens (primary N) is 1. The van der Waals surface area contributed by atoms with Crippen LogP contribution >= 0.6 is 11.6 Å². The van der Waals surface area contributed by atoms with Gasteiger partial charge < -0.3 is 10.5 Å². The summed E-state index contributed by atoms with van der Waals surface area (Å²) in [7, 11) is 0. The number of rotatable bonds is 4. The molecule has 0 atom stereocenters. The molecule has 0 amide bonds. The van der Waals surface area contributed by atoms with Crippen molar-refractivity contribution >= 4 is 29.7 Å². The fourth-order valence-electron chi connectivity index (χ4n) is 1.19. The van der Waals surface area contributed by atoms with Crippen LogP contribution in [0, 0.1) is 5.41 Å². The molecule has 0 fully saturated rings. The van der Waals surface area contributed by atoms with Crippen LogP contribution in [0.25, 0.3) is 0 Å². The van der Waals surface area contributed by atoms with Crippen LogP contribution in [0.4, 0.5) is 0 Å². The molecule has 1 aromatic rings. The number of hydrogen-bond acceptors (Lipinski definition) is 4. The Morgan fingerprint density at radius 1 is 1.67 bits per heavy atom. The number of carbonyl (C=O) groups excluding carboxylic acids is 1. The molecule has 0 aromatic heterocycles. The zero-order valence-corrected chi connectivity index (χ0v) is 10.5. The average molecular weight is 269 g/mol. The molecule has 6 nitrogen and oxygen atoms in total. The molecule has 0 heterocycles. The van der Waals surface area contributed by atoms with Crippen molar-refractivity contribution in [2.45, 2.75) is 6.92 Å². The Morgan fingerprint density at radius 3 is 3.00 bits per heavy atom. The van der Waals surface area contributed by atoms with Crippen LogP contribution in [0.15, 0.2) is 23.3 Å². The first-order valence-electron chi connectivity index (χ1n) is 5.15. The summed E-state index contributed by atoms with van der Waals surface area (Å²) < 4.78 is 4.87. The van der Waals surface area contributed by atoms with Crippen LogP contribution in [0.3, 0.4) is 0 Å². The van der Waals surface area contributed by atoms with Gasteiger partial charge in [-0.3, -0.25) is 5.41 Å². The summed E-state index contributed by atoms with van der Waals surface area (Å²) in [5.41, 5.74) is 8.11. The van der Waals surface area contributed by atoms with Gasteiger partial charge in [-0.2, -0.15) is 5.10 Å². The predicted octanol–water partition coefficient (Wildman–Crippen LogP) is 1.33. The van der Waals surface area contributed by atoms with Crippen molar-refractivity contribution in [2.24, 2.45) is 10.8 Å². The van der Waals surface area contributed by atoms with Gasteiger partial charge in [0.1, 0.15) is 0 Å². The Bertz CT molecular complexity index is 488. The van der Waals surface area contributed by atoms with Crippen LogP contribution in [0.5, 0.6) is 0 Å². The first-order chi connectivity index (χ1) is 8.56. The minimum absolute atomic E-state index is 0.241. The van der Waals surface area contributed by atoms with E-state index in [1.54, 1.807) is 25.1 Å². The maximum Gasteiger partial charge on any atom is 0.339 e. The normalized spacial score (nSPS) is 10.3. The number of hydrogen-bond donors (Lipinski definition) is 3. The van der Waals surface area contributed by atoms with Crippen molar-refractivity contribution in [3.8, 4) is 0 Å². The Kier molecular flexibility index (Phi) is 5.13. The van der Waals surface area contributed by atoms with Gasteiger partial charge in [-0.15, -0.1) is 0 Å². The Balaban J connectivity index is 2.94. The van der Waals surface area contributed by atoms with Crippen LogP contribution in [0.2, 0.25) is 5.02 Å². The number of hydrazone groups is 1. The average Bonchev–Trinajstić information content (AvgIpc) is 2.31. The molecule has 0 aliphatic heterocycles. The molecule has 18 heavy (non-hydrogen) atoms. The van der Waals surface area contributed by atoms with Gasteiger partial charge in [0.15, 0.2) is 0 Å². The molecule has 0 bridgehead atoms. The van der Waals surface area contributed by atoms with E-state index in [1.807, 2.05) is 0 Å². The molecule has 0 saturated heterocycles. The summed E-state index contributed by atoms with van der Waals surface area (Å²) in [6.07, 6.45) is 1.37. The SMILES string of the molecule is CCOC(=O)c1cccc(C=NNC(=N)N)c1Cl. The third-order valence-electron chi connectivity index (χ3n) is 1.91. The fraction of sp³-hybridized carbons (Fsp3) is 0.182. The van der Waals surface area contributed by atoms with Crippen molar-refractivity contribution in [1.82, 2.24) is 5.43 Å². The quantitative estimate of drug-likeness (QED) is 0.332. The predicted molar refractivity (Wildman–Crippen MR) is 70.1 cm³/mol. The lowest BCUT2D eigenvalue weighted by molar-refractivity contribution is 0.0526. The van der Waals surface area contributed by atoms with Gasteiger partial charge in [-0.25, -0.2) is 10.2 Å². The first kappa shape index (κ1) is 14.0. The van der Waals surface area contributed by atoms with E-state index < -0.39 is 5.97 Å². The molecular formula is C11H13ClN4O2. The van der Waals surface area contributed by atoms with E-state index in [0.717, 1.165) is 0 Å². The monoisotopic (exact) mass is 268 g/mol. The van der Waals surface area contributed by atoms with Gasteiger partial charge in [-0.05, 0) is 13.0 Å². The highest BCUT2D eigenvalue weighted by Crippen LogP contribution is 2.20. The van der Waals surface area contributed by atoms with E-state index in [1.165, 1.54) is 6.21 Å². The van der Waals surface area contributed by atoms with Crippen molar-refractivity contribution in [2.75, 3.05) is 6.61 Å². The number of carbonyl (C=O) groups is 1.